The summed E-state index contributed by atoms with van der Waals surface area (Å²) in [6.07, 6.45) is 9.16. The number of nitrogens with one attached hydrogen (secondary N) is 2. The minimum atomic E-state index is -1.44. The van der Waals surface area contributed by atoms with Gasteiger partial charge in [0.05, 0.1) is 29.3 Å². The number of carbonyl (C=O) groups is 3. The lowest BCUT2D eigenvalue weighted by atomic mass is 9.35. The molecular formula is C42H56N2O10. The van der Waals surface area contributed by atoms with E-state index in [4.69, 9.17) is 23.4 Å². The van der Waals surface area contributed by atoms with Crippen molar-refractivity contribution in [2.45, 2.75) is 127 Å². The maximum absolute atomic E-state index is 14.9. The zero-order valence-electron chi connectivity index (χ0n) is 31.9. The van der Waals surface area contributed by atoms with Gasteiger partial charge in [-0.15, -0.1) is 0 Å². The van der Waals surface area contributed by atoms with E-state index in [1.165, 1.54) is 0 Å². The Kier molecular flexibility index (Phi) is 7.77. The summed E-state index contributed by atoms with van der Waals surface area (Å²) in [6, 6.07) is 2.29. The van der Waals surface area contributed by atoms with Crippen LogP contribution in [0.15, 0.2) is 28.9 Å². The molecule has 1 aromatic rings. The molecule has 0 amide bonds. The van der Waals surface area contributed by atoms with E-state index in [0.717, 1.165) is 44.5 Å². The molecule has 8 fully saturated rings. The Bertz CT molecular complexity index is 1780. The second-order valence-corrected chi connectivity index (χ2v) is 19.4. The van der Waals surface area contributed by atoms with Crippen molar-refractivity contribution in [3.8, 4) is 0 Å². The number of aliphatic hydroxyl groups excluding tert-OH is 2. The first-order chi connectivity index (χ1) is 25.8. The average molecular weight is 749 g/mol. The molecule has 3 spiro atoms. The predicted octanol–water partition coefficient (Wildman–Crippen LogP) is 3.53. The van der Waals surface area contributed by atoms with Gasteiger partial charge in [0.15, 0.2) is 11.9 Å². The van der Waals surface area contributed by atoms with E-state index in [1.54, 1.807) is 6.26 Å². The van der Waals surface area contributed by atoms with Crippen molar-refractivity contribution in [1.29, 1.82) is 0 Å². The molecule has 12 nitrogen and oxygen atoms in total. The molecule has 9 aliphatic rings. The Morgan fingerprint density at radius 2 is 1.78 bits per heavy atom. The third-order valence-electron chi connectivity index (χ3n) is 16.9. The second kappa shape index (κ2) is 11.7. The number of hydrogen-bond acceptors (Lipinski definition) is 12. The molecule has 4 N–H and O–H groups in total. The molecule has 10 rings (SSSR count). The van der Waals surface area contributed by atoms with Crippen LogP contribution >= 0.6 is 0 Å². The summed E-state index contributed by atoms with van der Waals surface area (Å²) in [5, 5.41) is 30.1. The van der Waals surface area contributed by atoms with Crippen LogP contribution in [0.4, 0.5) is 0 Å². The first-order valence-electron chi connectivity index (χ1n) is 20.5. The van der Waals surface area contributed by atoms with E-state index in [2.05, 4.69) is 29.7 Å². The fraction of sp³-hybridized carbons (Fsp3) is 0.786. The summed E-state index contributed by atoms with van der Waals surface area (Å²) in [7, 11) is 0. The summed E-state index contributed by atoms with van der Waals surface area (Å²) in [5.74, 6) is -0.908. The molecule has 6 heterocycles. The van der Waals surface area contributed by atoms with Crippen molar-refractivity contribution < 1.29 is 48.0 Å². The number of esters is 2. The quantitative estimate of drug-likeness (QED) is 0.190. The van der Waals surface area contributed by atoms with E-state index in [0.29, 0.717) is 49.8 Å². The van der Waals surface area contributed by atoms with Crippen molar-refractivity contribution in [2.75, 3.05) is 26.4 Å². The number of allylic oxidation sites excluding steroid dienone is 1. The standard InChI is InChI=1S/C42H56N2O10/c1-37(2)30-29(46)31(47)39(4)28(41(30)20-51-36(49)40(35(41)54-37)13-5-6-14-40)11-15-38(3)32(52-34(48)33-42(38,39)53-33)25-12-16-50-27(25)17-24(19-45)22-7-9-23(10-8-22)26-18-43-21-44-26/h7,9,12,16,22-24,26,28,30-33,35,43-45,47H,5-6,8,10-11,13-15,17-21H2,1-4H3/t22-,23+,24+,26-,28-,30+,31+,32-,33+,35-,38-,39-,41+,42+/m0/s1. The van der Waals surface area contributed by atoms with Crippen LogP contribution in [-0.4, -0.2) is 89.9 Å². The number of ether oxygens (including phenoxy) is 4. The Morgan fingerprint density at radius 1 is 0.981 bits per heavy atom. The highest BCUT2D eigenvalue weighted by Crippen LogP contribution is 2.81. The highest BCUT2D eigenvalue weighted by atomic mass is 16.7. The van der Waals surface area contributed by atoms with Gasteiger partial charge in [-0.1, -0.05) is 38.8 Å². The van der Waals surface area contributed by atoms with Crippen LogP contribution in [0.1, 0.15) is 96.5 Å². The third kappa shape index (κ3) is 4.23. The molecule has 3 saturated carbocycles. The number of hydrogen-bond donors (Lipinski definition) is 4. The first kappa shape index (κ1) is 35.8. The molecule has 14 atom stereocenters. The van der Waals surface area contributed by atoms with Crippen LogP contribution in [0, 0.1) is 51.2 Å². The van der Waals surface area contributed by atoms with Crippen molar-refractivity contribution in [1.82, 2.24) is 10.6 Å². The maximum Gasteiger partial charge on any atom is 0.339 e. The SMILES string of the molecule is CC1(C)O[C@H]2C3(CCCC3)C(=O)OC[C@@]23[C@@H]1C(=O)[C@@H](O)[C@]1(C)[C@@H]3CC[C@@]2(C)[C@H](c3ccoc3C[C@H](CO)[C@H]3C=C[C@@H]([C@@H]4CNCN4)CC3)OC(=O)[C@H]3O[C@@]312. The number of aliphatic hydroxyl groups is 2. The molecule has 0 radical (unpaired) electrons. The highest BCUT2D eigenvalue weighted by Gasteiger charge is 2.91. The number of furan rings is 1. The summed E-state index contributed by atoms with van der Waals surface area (Å²) >= 11 is 0. The number of Topliss-reactive ketones (excluding diaryl/α,β-unsaturated/α-hetero) is 1. The van der Waals surface area contributed by atoms with Crippen LogP contribution in [0.25, 0.3) is 0 Å². The lowest BCUT2D eigenvalue weighted by molar-refractivity contribution is -0.264. The largest absolute Gasteiger partial charge is 0.469 e. The fourth-order valence-corrected chi connectivity index (χ4v) is 14.5. The Morgan fingerprint density at radius 3 is 2.48 bits per heavy atom. The van der Waals surface area contributed by atoms with Gasteiger partial charge in [0.1, 0.15) is 30.2 Å². The molecule has 5 saturated heterocycles. The molecule has 54 heavy (non-hydrogen) atoms. The molecule has 294 valence electrons. The monoisotopic (exact) mass is 748 g/mol. The van der Waals surface area contributed by atoms with Crippen LogP contribution in [0.2, 0.25) is 0 Å². The molecule has 5 aliphatic heterocycles. The molecule has 1 aromatic heterocycles. The van der Waals surface area contributed by atoms with Crippen LogP contribution in [0.5, 0.6) is 0 Å². The zero-order chi connectivity index (χ0) is 37.6. The van der Waals surface area contributed by atoms with E-state index < -0.39 is 69.2 Å². The number of cyclic esters (lactones) is 2. The number of epoxide rings is 1. The van der Waals surface area contributed by atoms with Crippen LogP contribution in [0.3, 0.4) is 0 Å². The second-order valence-electron chi connectivity index (χ2n) is 19.4. The molecule has 0 bridgehead atoms. The topological polar surface area (TPSA) is 169 Å². The van der Waals surface area contributed by atoms with E-state index in [1.807, 2.05) is 26.8 Å². The van der Waals surface area contributed by atoms with Crippen LogP contribution in [-0.2, 0) is 39.8 Å². The Labute approximate surface area is 316 Å². The van der Waals surface area contributed by atoms with E-state index >= 15 is 0 Å². The normalized spacial score (nSPS) is 48.6. The lowest BCUT2D eigenvalue weighted by Crippen LogP contribution is -2.77. The van der Waals surface area contributed by atoms with E-state index in [-0.39, 0.29) is 42.7 Å². The van der Waals surface area contributed by atoms with Gasteiger partial charge >= 0.3 is 11.9 Å². The zero-order valence-corrected chi connectivity index (χ0v) is 31.9. The smallest absolute Gasteiger partial charge is 0.339 e. The fourth-order valence-electron chi connectivity index (χ4n) is 14.5. The molecule has 0 unspecified atom stereocenters. The number of ketones is 1. The summed E-state index contributed by atoms with van der Waals surface area (Å²) < 4.78 is 32.4. The number of fused-ring (bicyclic) bond motifs is 2. The van der Waals surface area contributed by atoms with Crippen molar-refractivity contribution in [2.24, 2.45) is 51.2 Å². The predicted molar refractivity (Wildman–Crippen MR) is 191 cm³/mol. The van der Waals surface area contributed by atoms with Gasteiger partial charge in [0.2, 0.25) is 0 Å². The molecular weight excluding hydrogens is 692 g/mol. The van der Waals surface area contributed by atoms with Gasteiger partial charge in [-0.05, 0) is 82.1 Å². The number of rotatable bonds is 6. The Hall–Kier alpha value is -2.61. The van der Waals surface area contributed by atoms with Crippen molar-refractivity contribution >= 4 is 17.7 Å². The van der Waals surface area contributed by atoms with Gasteiger partial charge < -0.3 is 38.9 Å². The van der Waals surface area contributed by atoms with Gasteiger partial charge in [0.25, 0.3) is 0 Å². The third-order valence-corrected chi connectivity index (χ3v) is 16.9. The Balaban J connectivity index is 1.01. The lowest BCUT2D eigenvalue weighted by Gasteiger charge is -2.67. The molecule has 4 aliphatic carbocycles. The minimum Gasteiger partial charge on any atom is -0.469 e. The van der Waals surface area contributed by atoms with Gasteiger partial charge in [-0.3, -0.25) is 14.9 Å². The van der Waals surface area contributed by atoms with Crippen molar-refractivity contribution in [3.05, 3.63) is 35.8 Å². The number of carbonyl (C=O) groups excluding carboxylic acids is 3. The minimum absolute atomic E-state index is 0.0111. The first-order valence-corrected chi connectivity index (χ1v) is 20.5. The van der Waals surface area contributed by atoms with Crippen LogP contribution < -0.4 is 10.6 Å². The summed E-state index contributed by atoms with van der Waals surface area (Å²) in [6.45, 7) is 9.66. The molecule has 12 heteroatoms. The van der Waals surface area contributed by atoms with E-state index in [9.17, 15) is 24.6 Å². The highest BCUT2D eigenvalue weighted by molar-refractivity contribution is 5.92. The van der Waals surface area contributed by atoms with Gasteiger partial charge in [-0.25, -0.2) is 4.79 Å². The van der Waals surface area contributed by atoms with Gasteiger partial charge in [0, 0.05) is 54.1 Å². The summed E-state index contributed by atoms with van der Waals surface area (Å²) in [4.78, 5) is 42.7. The maximum atomic E-state index is 14.9. The average Bonchev–Trinajstić information content (AvgIpc) is 3.63. The van der Waals surface area contributed by atoms with Gasteiger partial charge in [-0.2, -0.15) is 0 Å². The van der Waals surface area contributed by atoms with Crippen molar-refractivity contribution in [3.63, 3.8) is 0 Å². The molecule has 0 aromatic carbocycles. The summed E-state index contributed by atoms with van der Waals surface area (Å²) in [5.41, 5.74) is -5.21.